The molecule has 1 heterocycles. The molecule has 1 saturated carbocycles. The van der Waals surface area contributed by atoms with Gasteiger partial charge in [0.2, 0.25) is 11.0 Å². The lowest BCUT2D eigenvalue weighted by Gasteiger charge is -2.03. The van der Waals surface area contributed by atoms with Crippen molar-refractivity contribution in [2.24, 2.45) is 0 Å². The van der Waals surface area contributed by atoms with E-state index in [1.807, 2.05) is 12.1 Å². The van der Waals surface area contributed by atoms with Crippen LogP contribution in [0.5, 0.6) is 5.75 Å². The average molecular weight is 331 g/mol. The Bertz CT molecular complexity index is 650. The van der Waals surface area contributed by atoms with Crippen molar-refractivity contribution in [1.29, 1.82) is 0 Å². The summed E-state index contributed by atoms with van der Waals surface area (Å²) >= 11 is 1.27. The topological polar surface area (TPSA) is 75.1 Å². The minimum atomic E-state index is 0.0214. The molecule has 3 rings (SSSR count). The fraction of sp³-hybridized carbons (Fsp3) is 0.471. The number of carbonyl (C=O) groups is 1. The molecule has 0 bridgehead atoms. The highest BCUT2D eigenvalue weighted by atomic mass is 32.1. The number of benzene rings is 1. The van der Waals surface area contributed by atoms with Crippen molar-refractivity contribution in [3.8, 4) is 5.75 Å². The first-order valence-corrected chi connectivity index (χ1v) is 8.89. The van der Waals surface area contributed by atoms with E-state index < -0.39 is 0 Å². The fourth-order valence-corrected chi connectivity index (χ4v) is 3.09. The second-order valence-corrected chi connectivity index (χ2v) is 6.76. The van der Waals surface area contributed by atoms with Crippen LogP contribution in [-0.4, -0.2) is 20.4 Å². The van der Waals surface area contributed by atoms with Gasteiger partial charge in [0.15, 0.2) is 0 Å². The summed E-state index contributed by atoms with van der Waals surface area (Å²) in [5.74, 6) is 1.73. The number of aromatic hydroxyl groups is 1. The number of anilines is 1. The molecule has 0 spiro atoms. The maximum absolute atomic E-state index is 11.9. The molecule has 5 nitrogen and oxygen atoms in total. The van der Waals surface area contributed by atoms with E-state index in [1.165, 1.54) is 29.9 Å². The van der Waals surface area contributed by atoms with Crippen molar-refractivity contribution < 1.29 is 9.90 Å². The lowest BCUT2D eigenvalue weighted by molar-refractivity contribution is -0.116. The van der Waals surface area contributed by atoms with Gasteiger partial charge in [-0.25, -0.2) is 4.98 Å². The van der Waals surface area contributed by atoms with Crippen molar-refractivity contribution in [3.63, 3.8) is 0 Å². The van der Waals surface area contributed by atoms with Crippen molar-refractivity contribution in [1.82, 2.24) is 9.36 Å². The smallest absolute Gasteiger partial charge is 0.226 e. The highest BCUT2D eigenvalue weighted by molar-refractivity contribution is 7.09. The predicted molar refractivity (Wildman–Crippen MR) is 90.8 cm³/mol. The number of amides is 1. The van der Waals surface area contributed by atoms with E-state index in [4.69, 9.17) is 0 Å². The van der Waals surface area contributed by atoms with Gasteiger partial charge in [0, 0.05) is 23.9 Å². The van der Waals surface area contributed by atoms with Crippen LogP contribution in [0.4, 0.5) is 5.13 Å². The van der Waals surface area contributed by atoms with Gasteiger partial charge in [-0.2, -0.15) is 4.37 Å². The Morgan fingerprint density at radius 2 is 2.00 bits per heavy atom. The second-order valence-electron chi connectivity index (χ2n) is 6.01. The number of hydrogen-bond donors (Lipinski definition) is 2. The quantitative estimate of drug-likeness (QED) is 0.720. The van der Waals surface area contributed by atoms with Crippen LogP contribution in [0.1, 0.15) is 55.8 Å². The SMILES string of the molecule is O=C(CCCCCc1ccc(O)cc1)Nc1nc(C2CC2)ns1. The van der Waals surface area contributed by atoms with Gasteiger partial charge in [-0.15, -0.1) is 0 Å². The number of nitrogens with zero attached hydrogens (tertiary/aromatic N) is 2. The van der Waals surface area contributed by atoms with E-state index >= 15 is 0 Å². The number of phenols is 1. The predicted octanol–water partition coefficient (Wildman–Crippen LogP) is 3.86. The van der Waals surface area contributed by atoms with Crippen LogP contribution >= 0.6 is 11.5 Å². The molecule has 0 saturated heterocycles. The van der Waals surface area contributed by atoms with Gasteiger partial charge in [-0.3, -0.25) is 4.79 Å². The minimum Gasteiger partial charge on any atom is -0.508 e. The molecule has 1 amide bonds. The molecule has 1 aliphatic carbocycles. The first-order chi connectivity index (χ1) is 11.2. The largest absolute Gasteiger partial charge is 0.508 e. The Hall–Kier alpha value is -1.95. The van der Waals surface area contributed by atoms with E-state index in [9.17, 15) is 9.90 Å². The van der Waals surface area contributed by atoms with Crippen LogP contribution in [0.3, 0.4) is 0 Å². The number of aromatic nitrogens is 2. The van der Waals surface area contributed by atoms with Gasteiger partial charge < -0.3 is 10.4 Å². The highest BCUT2D eigenvalue weighted by Gasteiger charge is 2.27. The van der Waals surface area contributed by atoms with Gasteiger partial charge >= 0.3 is 0 Å². The molecule has 23 heavy (non-hydrogen) atoms. The average Bonchev–Trinajstić information content (AvgIpc) is 3.29. The number of phenolic OH excluding ortho intramolecular Hbond substituents is 1. The molecular weight excluding hydrogens is 310 g/mol. The summed E-state index contributed by atoms with van der Waals surface area (Å²) in [5.41, 5.74) is 1.22. The fourth-order valence-electron chi connectivity index (χ4n) is 2.43. The lowest BCUT2D eigenvalue weighted by Crippen LogP contribution is -2.10. The third-order valence-electron chi connectivity index (χ3n) is 3.94. The molecule has 122 valence electrons. The monoisotopic (exact) mass is 331 g/mol. The maximum atomic E-state index is 11.9. The van der Waals surface area contributed by atoms with E-state index in [-0.39, 0.29) is 5.91 Å². The Balaban J connectivity index is 1.30. The van der Waals surface area contributed by atoms with Crippen LogP contribution < -0.4 is 5.32 Å². The van der Waals surface area contributed by atoms with Crippen molar-refractivity contribution in [2.75, 3.05) is 5.32 Å². The summed E-state index contributed by atoms with van der Waals surface area (Å²) in [7, 11) is 0. The summed E-state index contributed by atoms with van der Waals surface area (Å²) in [4.78, 5) is 16.2. The lowest BCUT2D eigenvalue weighted by atomic mass is 10.1. The van der Waals surface area contributed by atoms with Crippen LogP contribution in [0.25, 0.3) is 0 Å². The molecule has 0 atom stereocenters. The van der Waals surface area contributed by atoms with E-state index in [0.29, 0.717) is 23.2 Å². The van der Waals surface area contributed by atoms with Crippen LogP contribution in [-0.2, 0) is 11.2 Å². The van der Waals surface area contributed by atoms with Gasteiger partial charge in [-0.1, -0.05) is 18.6 Å². The summed E-state index contributed by atoms with van der Waals surface area (Å²) in [6.45, 7) is 0. The van der Waals surface area contributed by atoms with Gasteiger partial charge in [-0.05, 0) is 49.8 Å². The summed E-state index contributed by atoms with van der Waals surface area (Å²) < 4.78 is 4.28. The number of aryl methyl sites for hydroxylation is 1. The zero-order valence-corrected chi connectivity index (χ0v) is 13.8. The van der Waals surface area contributed by atoms with Gasteiger partial charge in [0.25, 0.3) is 0 Å². The van der Waals surface area contributed by atoms with Crippen LogP contribution in [0.15, 0.2) is 24.3 Å². The number of hydrogen-bond acceptors (Lipinski definition) is 5. The zero-order chi connectivity index (χ0) is 16.1. The Morgan fingerprint density at radius 1 is 1.22 bits per heavy atom. The van der Waals surface area contributed by atoms with Gasteiger partial charge in [0.05, 0.1) is 0 Å². The molecule has 1 aromatic carbocycles. The summed E-state index contributed by atoms with van der Waals surface area (Å²) in [5, 5.41) is 12.7. The minimum absolute atomic E-state index is 0.0214. The third-order valence-corrected chi connectivity index (χ3v) is 4.58. The molecule has 2 aromatic rings. The van der Waals surface area contributed by atoms with Crippen LogP contribution in [0.2, 0.25) is 0 Å². The van der Waals surface area contributed by atoms with E-state index in [2.05, 4.69) is 14.7 Å². The number of nitrogens with one attached hydrogen (secondary N) is 1. The standard InChI is InChI=1S/C17H21N3O2S/c21-14-10-6-12(7-11-14)4-2-1-3-5-15(22)18-17-19-16(20-23-17)13-8-9-13/h6-7,10-11,13,21H,1-5,8-9H2,(H,18,19,20,22). The van der Waals surface area contributed by atoms with Crippen LogP contribution in [0, 0.1) is 0 Å². The van der Waals surface area contributed by atoms with Crippen molar-refractivity contribution >= 4 is 22.6 Å². The molecule has 0 radical (unpaired) electrons. The number of unbranched alkanes of at least 4 members (excludes halogenated alkanes) is 2. The zero-order valence-electron chi connectivity index (χ0n) is 13.0. The van der Waals surface area contributed by atoms with E-state index in [1.54, 1.807) is 12.1 Å². The highest BCUT2D eigenvalue weighted by Crippen LogP contribution is 2.39. The van der Waals surface area contributed by atoms with Crippen molar-refractivity contribution in [3.05, 3.63) is 35.7 Å². The van der Waals surface area contributed by atoms with Crippen molar-refractivity contribution in [2.45, 2.75) is 50.9 Å². The first kappa shape index (κ1) is 15.9. The number of carbonyl (C=O) groups excluding carboxylic acids is 1. The molecule has 1 aliphatic rings. The molecular formula is C17H21N3O2S. The molecule has 2 N–H and O–H groups in total. The Labute approximate surface area is 139 Å². The Kier molecular flexibility index (Phi) is 5.23. The normalized spacial score (nSPS) is 13.9. The summed E-state index contributed by atoms with van der Waals surface area (Å²) in [6, 6.07) is 7.30. The molecule has 0 unspecified atom stereocenters. The maximum Gasteiger partial charge on any atom is 0.226 e. The molecule has 1 aromatic heterocycles. The van der Waals surface area contributed by atoms with Gasteiger partial charge in [0.1, 0.15) is 11.6 Å². The molecule has 0 aliphatic heterocycles. The van der Waals surface area contributed by atoms with E-state index in [0.717, 1.165) is 31.5 Å². The Morgan fingerprint density at radius 3 is 2.74 bits per heavy atom. The first-order valence-electron chi connectivity index (χ1n) is 8.12. The second kappa shape index (κ2) is 7.55. The number of rotatable bonds is 8. The molecule has 6 heteroatoms. The summed E-state index contributed by atoms with van der Waals surface area (Å²) in [6.07, 6.45) is 6.77. The molecule has 1 fully saturated rings. The third kappa shape index (κ3) is 5.03.